The van der Waals surface area contributed by atoms with Crippen LogP contribution in [-0.2, 0) is 16.1 Å². The van der Waals surface area contributed by atoms with E-state index in [1.807, 2.05) is 18.2 Å². The fourth-order valence-corrected chi connectivity index (χ4v) is 2.49. The number of halogens is 1. The second kappa shape index (κ2) is 5.73. The predicted molar refractivity (Wildman–Crippen MR) is 84.0 cm³/mol. The van der Waals surface area contributed by atoms with Crippen LogP contribution in [0.5, 0.6) is 0 Å². The van der Waals surface area contributed by atoms with Gasteiger partial charge in [-0.25, -0.2) is 9.69 Å². The molecule has 0 atom stereocenters. The van der Waals surface area contributed by atoms with Crippen LogP contribution >= 0.6 is 15.9 Å². The van der Waals surface area contributed by atoms with Gasteiger partial charge in [-0.2, -0.15) is 0 Å². The zero-order valence-electron chi connectivity index (χ0n) is 11.4. The molecule has 1 saturated heterocycles. The number of amides is 4. The summed E-state index contributed by atoms with van der Waals surface area (Å²) >= 11 is 3.29. The highest BCUT2D eigenvalue weighted by atomic mass is 79.9. The minimum atomic E-state index is -0.830. The summed E-state index contributed by atoms with van der Waals surface area (Å²) in [5.74, 6) is -1.64. The van der Waals surface area contributed by atoms with Gasteiger partial charge in [0.2, 0.25) is 0 Å². The molecule has 2 aromatic rings. The van der Waals surface area contributed by atoms with Crippen molar-refractivity contribution < 1.29 is 14.4 Å². The van der Waals surface area contributed by atoms with Crippen LogP contribution in [0.3, 0.4) is 0 Å². The Hall–Kier alpha value is -2.47. The second-order valence-corrected chi connectivity index (χ2v) is 5.69. The van der Waals surface area contributed by atoms with E-state index < -0.39 is 17.8 Å². The minimum absolute atomic E-state index is 0.0806. The zero-order chi connectivity index (χ0) is 15.7. The Morgan fingerprint density at radius 3 is 2.09 bits per heavy atom. The van der Waals surface area contributed by atoms with Crippen molar-refractivity contribution in [2.45, 2.75) is 6.54 Å². The Morgan fingerprint density at radius 1 is 0.818 bits per heavy atom. The van der Waals surface area contributed by atoms with Crippen molar-refractivity contribution in [3.63, 3.8) is 0 Å². The van der Waals surface area contributed by atoms with Gasteiger partial charge >= 0.3 is 17.8 Å². The fourth-order valence-electron chi connectivity index (χ4n) is 2.23. The number of carbonyl (C=O) groups excluding carboxylic acids is 3. The summed E-state index contributed by atoms with van der Waals surface area (Å²) in [5, 5.41) is 0. The summed E-state index contributed by atoms with van der Waals surface area (Å²) in [6, 6.07) is 15.1. The molecule has 0 spiro atoms. The molecule has 0 aromatic heterocycles. The normalized spacial score (nSPS) is 14.9. The van der Waals surface area contributed by atoms with E-state index in [0.717, 1.165) is 19.8 Å². The Morgan fingerprint density at radius 2 is 1.45 bits per heavy atom. The maximum atomic E-state index is 12.4. The van der Waals surface area contributed by atoms with Gasteiger partial charge in [-0.3, -0.25) is 14.5 Å². The number of hydrogen-bond donors (Lipinski definition) is 0. The zero-order valence-corrected chi connectivity index (χ0v) is 13.0. The van der Waals surface area contributed by atoms with Crippen LogP contribution in [0.1, 0.15) is 5.56 Å². The first kappa shape index (κ1) is 14.5. The number of benzene rings is 2. The predicted octanol–water partition coefficient (Wildman–Crippen LogP) is 2.94. The van der Waals surface area contributed by atoms with Gasteiger partial charge in [-0.1, -0.05) is 46.3 Å². The lowest BCUT2D eigenvalue weighted by atomic mass is 10.2. The van der Waals surface area contributed by atoms with Crippen molar-refractivity contribution in [1.82, 2.24) is 4.90 Å². The highest BCUT2D eigenvalue weighted by molar-refractivity contribution is 9.10. The summed E-state index contributed by atoms with van der Waals surface area (Å²) in [6.07, 6.45) is 0. The molecule has 1 heterocycles. The van der Waals surface area contributed by atoms with E-state index in [1.54, 1.807) is 36.4 Å². The quantitative estimate of drug-likeness (QED) is 0.626. The second-order valence-electron chi connectivity index (χ2n) is 4.78. The molecular weight excluding hydrogens is 348 g/mol. The molecule has 0 unspecified atom stereocenters. The highest BCUT2D eigenvalue weighted by Gasteiger charge is 2.45. The highest BCUT2D eigenvalue weighted by Crippen LogP contribution is 2.25. The smallest absolute Gasteiger partial charge is 0.263 e. The van der Waals surface area contributed by atoms with Gasteiger partial charge in [-0.15, -0.1) is 0 Å². The Labute approximate surface area is 135 Å². The van der Waals surface area contributed by atoms with Crippen molar-refractivity contribution in [3.8, 4) is 0 Å². The van der Waals surface area contributed by atoms with Crippen LogP contribution in [-0.4, -0.2) is 22.7 Å². The van der Waals surface area contributed by atoms with E-state index in [2.05, 4.69) is 15.9 Å². The number of rotatable bonds is 3. The van der Waals surface area contributed by atoms with E-state index in [-0.39, 0.29) is 6.54 Å². The molecule has 22 heavy (non-hydrogen) atoms. The third-order valence-electron chi connectivity index (χ3n) is 3.32. The molecule has 1 fully saturated rings. The van der Waals surface area contributed by atoms with Crippen LogP contribution < -0.4 is 4.90 Å². The summed E-state index contributed by atoms with van der Waals surface area (Å²) in [5.41, 5.74) is 1.16. The molecular formula is C16H11BrN2O3. The van der Waals surface area contributed by atoms with Gasteiger partial charge < -0.3 is 0 Å². The van der Waals surface area contributed by atoms with Crippen molar-refractivity contribution >= 4 is 39.5 Å². The standard InChI is InChI=1S/C16H11BrN2O3/c17-12-6-8-13(9-7-12)19-15(21)14(20)18(16(19)22)10-11-4-2-1-3-5-11/h1-9H,10H2. The van der Waals surface area contributed by atoms with Gasteiger partial charge in [0.25, 0.3) is 0 Å². The average molecular weight is 359 g/mol. The van der Waals surface area contributed by atoms with E-state index in [9.17, 15) is 14.4 Å². The lowest BCUT2D eigenvalue weighted by Crippen LogP contribution is -2.33. The molecule has 0 aliphatic carbocycles. The molecule has 0 N–H and O–H groups in total. The third-order valence-corrected chi connectivity index (χ3v) is 3.85. The maximum absolute atomic E-state index is 12.4. The van der Waals surface area contributed by atoms with Crippen LogP contribution in [0.4, 0.5) is 10.5 Å². The van der Waals surface area contributed by atoms with Crippen molar-refractivity contribution in [2.75, 3.05) is 4.90 Å². The Balaban J connectivity index is 1.89. The monoisotopic (exact) mass is 358 g/mol. The molecule has 6 heteroatoms. The number of nitrogens with zero attached hydrogens (tertiary/aromatic N) is 2. The lowest BCUT2D eigenvalue weighted by Gasteiger charge is -2.15. The van der Waals surface area contributed by atoms with Gasteiger partial charge in [0.1, 0.15) is 0 Å². The maximum Gasteiger partial charge on any atom is 0.339 e. The van der Waals surface area contributed by atoms with Crippen LogP contribution in [0, 0.1) is 0 Å². The average Bonchev–Trinajstić information content (AvgIpc) is 2.73. The van der Waals surface area contributed by atoms with Gasteiger partial charge in [0.15, 0.2) is 0 Å². The van der Waals surface area contributed by atoms with Gasteiger partial charge in [0, 0.05) is 4.47 Å². The fraction of sp³-hybridized carbons (Fsp3) is 0.0625. The molecule has 2 aromatic carbocycles. The molecule has 4 amide bonds. The Kier molecular flexibility index (Phi) is 3.77. The third kappa shape index (κ3) is 2.53. The molecule has 0 bridgehead atoms. The first-order valence-electron chi connectivity index (χ1n) is 6.57. The lowest BCUT2D eigenvalue weighted by molar-refractivity contribution is -0.139. The SMILES string of the molecule is O=C1C(=O)N(c2ccc(Br)cc2)C(=O)N1Cc1ccccc1. The van der Waals surface area contributed by atoms with Crippen molar-refractivity contribution in [2.24, 2.45) is 0 Å². The summed E-state index contributed by atoms with van der Waals surface area (Å²) in [7, 11) is 0. The first-order valence-corrected chi connectivity index (χ1v) is 7.36. The largest absolute Gasteiger partial charge is 0.339 e. The van der Waals surface area contributed by atoms with E-state index in [1.165, 1.54) is 0 Å². The van der Waals surface area contributed by atoms with Crippen LogP contribution in [0.15, 0.2) is 59.1 Å². The molecule has 0 saturated carbocycles. The number of hydrogen-bond acceptors (Lipinski definition) is 3. The molecule has 110 valence electrons. The topological polar surface area (TPSA) is 57.7 Å². The number of anilines is 1. The molecule has 1 aliphatic rings. The molecule has 3 rings (SSSR count). The molecule has 5 nitrogen and oxygen atoms in total. The van der Waals surface area contributed by atoms with Gasteiger partial charge in [-0.05, 0) is 29.8 Å². The van der Waals surface area contributed by atoms with E-state index >= 15 is 0 Å². The number of urea groups is 1. The first-order chi connectivity index (χ1) is 10.6. The summed E-state index contributed by atoms with van der Waals surface area (Å²) in [4.78, 5) is 38.5. The molecule has 1 aliphatic heterocycles. The summed E-state index contributed by atoms with van der Waals surface area (Å²) in [6.45, 7) is 0.0806. The number of imide groups is 2. The number of carbonyl (C=O) groups is 3. The van der Waals surface area contributed by atoms with Crippen molar-refractivity contribution in [1.29, 1.82) is 0 Å². The van der Waals surface area contributed by atoms with Crippen molar-refractivity contribution in [3.05, 3.63) is 64.6 Å². The summed E-state index contributed by atoms with van der Waals surface area (Å²) < 4.78 is 0.822. The van der Waals surface area contributed by atoms with Crippen LogP contribution in [0.25, 0.3) is 0 Å². The van der Waals surface area contributed by atoms with Crippen LogP contribution in [0.2, 0.25) is 0 Å². The van der Waals surface area contributed by atoms with E-state index in [4.69, 9.17) is 0 Å². The Bertz CT molecular complexity index is 744. The molecule has 0 radical (unpaired) electrons. The minimum Gasteiger partial charge on any atom is -0.263 e. The van der Waals surface area contributed by atoms with Gasteiger partial charge in [0.05, 0.1) is 12.2 Å². The van der Waals surface area contributed by atoms with E-state index in [0.29, 0.717) is 5.69 Å².